The average molecular weight is 236 g/mol. The molecule has 1 unspecified atom stereocenters. The van der Waals surface area contributed by atoms with Crippen molar-refractivity contribution in [3.8, 4) is 0 Å². The maximum Gasteiger partial charge on any atom is 0.315 e. The number of benzene rings is 1. The normalized spacial score (nSPS) is 13.8. The lowest BCUT2D eigenvalue weighted by molar-refractivity contribution is 0.228. The first-order chi connectivity index (χ1) is 8.13. The van der Waals surface area contributed by atoms with Crippen LogP contribution in [0.25, 0.3) is 0 Å². The van der Waals surface area contributed by atoms with Crippen molar-refractivity contribution in [2.75, 3.05) is 6.61 Å². The van der Waals surface area contributed by atoms with Crippen molar-refractivity contribution in [2.45, 2.75) is 32.4 Å². The second-order valence-electron chi connectivity index (χ2n) is 4.16. The highest BCUT2D eigenvalue weighted by Gasteiger charge is 2.10. The summed E-state index contributed by atoms with van der Waals surface area (Å²) in [5.74, 6) is 0. The highest BCUT2D eigenvalue weighted by molar-refractivity contribution is 5.74. The van der Waals surface area contributed by atoms with Gasteiger partial charge in [-0.05, 0) is 25.8 Å². The number of aliphatic hydroxyl groups excluding tert-OH is 1. The van der Waals surface area contributed by atoms with Gasteiger partial charge in [0.05, 0.1) is 6.04 Å². The predicted molar refractivity (Wildman–Crippen MR) is 67.7 cm³/mol. The zero-order valence-corrected chi connectivity index (χ0v) is 10.3. The molecule has 0 bridgehead atoms. The average Bonchev–Trinajstić information content (AvgIpc) is 2.30. The minimum Gasteiger partial charge on any atom is -0.396 e. The fourth-order valence-electron chi connectivity index (χ4n) is 1.55. The Morgan fingerprint density at radius 1 is 1.24 bits per heavy atom. The van der Waals surface area contributed by atoms with Gasteiger partial charge in [0.2, 0.25) is 0 Å². The van der Waals surface area contributed by atoms with Crippen LogP contribution in [-0.4, -0.2) is 23.8 Å². The molecule has 0 aliphatic carbocycles. The molecule has 0 aromatic heterocycles. The monoisotopic (exact) mass is 236 g/mol. The molecule has 0 aliphatic heterocycles. The Hall–Kier alpha value is -1.55. The summed E-state index contributed by atoms with van der Waals surface area (Å²) in [4.78, 5) is 11.6. The van der Waals surface area contributed by atoms with Gasteiger partial charge in [-0.2, -0.15) is 0 Å². The molecule has 94 valence electrons. The molecule has 0 fully saturated rings. The van der Waals surface area contributed by atoms with Gasteiger partial charge in [-0.15, -0.1) is 0 Å². The van der Waals surface area contributed by atoms with Crippen LogP contribution < -0.4 is 10.6 Å². The maximum atomic E-state index is 11.6. The van der Waals surface area contributed by atoms with Crippen LogP contribution >= 0.6 is 0 Å². The Kier molecular flexibility index (Phi) is 5.49. The van der Waals surface area contributed by atoms with Crippen LogP contribution in [0, 0.1) is 0 Å². The summed E-state index contributed by atoms with van der Waals surface area (Å²) >= 11 is 0. The molecule has 1 rings (SSSR count). The van der Waals surface area contributed by atoms with E-state index in [1.807, 2.05) is 44.2 Å². The van der Waals surface area contributed by atoms with Crippen LogP contribution in [0.15, 0.2) is 30.3 Å². The number of nitrogens with one attached hydrogen (secondary N) is 2. The predicted octanol–water partition coefficient (Wildman–Crippen LogP) is 1.82. The van der Waals surface area contributed by atoms with Gasteiger partial charge in [-0.1, -0.05) is 30.3 Å². The molecule has 1 aromatic carbocycles. The lowest BCUT2D eigenvalue weighted by Crippen LogP contribution is -2.42. The Morgan fingerprint density at radius 3 is 2.47 bits per heavy atom. The van der Waals surface area contributed by atoms with E-state index in [0.29, 0.717) is 6.42 Å². The largest absolute Gasteiger partial charge is 0.396 e. The van der Waals surface area contributed by atoms with Crippen molar-refractivity contribution in [3.63, 3.8) is 0 Å². The second-order valence-corrected chi connectivity index (χ2v) is 4.16. The molecular formula is C13H20N2O2. The van der Waals surface area contributed by atoms with E-state index >= 15 is 0 Å². The van der Waals surface area contributed by atoms with E-state index < -0.39 is 0 Å². The van der Waals surface area contributed by atoms with Crippen molar-refractivity contribution in [2.24, 2.45) is 0 Å². The van der Waals surface area contributed by atoms with Crippen LogP contribution in [0.5, 0.6) is 0 Å². The fourth-order valence-corrected chi connectivity index (χ4v) is 1.55. The van der Waals surface area contributed by atoms with E-state index in [2.05, 4.69) is 10.6 Å². The van der Waals surface area contributed by atoms with Crippen LogP contribution in [0.3, 0.4) is 0 Å². The topological polar surface area (TPSA) is 61.4 Å². The highest BCUT2D eigenvalue weighted by Crippen LogP contribution is 2.10. The molecule has 2 amide bonds. The van der Waals surface area contributed by atoms with Gasteiger partial charge < -0.3 is 15.7 Å². The molecule has 1 aromatic rings. The van der Waals surface area contributed by atoms with Crippen LogP contribution in [0.4, 0.5) is 4.79 Å². The molecule has 3 N–H and O–H groups in total. The van der Waals surface area contributed by atoms with E-state index in [4.69, 9.17) is 5.11 Å². The number of carbonyl (C=O) groups is 1. The molecule has 0 saturated heterocycles. The quantitative estimate of drug-likeness (QED) is 0.730. The Bertz CT molecular complexity index is 341. The number of hydrogen-bond acceptors (Lipinski definition) is 2. The van der Waals surface area contributed by atoms with Crippen LogP contribution in [0.1, 0.15) is 31.9 Å². The summed E-state index contributed by atoms with van der Waals surface area (Å²) in [5, 5.41) is 14.4. The summed E-state index contributed by atoms with van der Waals surface area (Å²) in [5.41, 5.74) is 1.07. The summed E-state index contributed by atoms with van der Waals surface area (Å²) in [6.45, 7) is 3.88. The van der Waals surface area contributed by atoms with E-state index in [1.165, 1.54) is 0 Å². The smallest absolute Gasteiger partial charge is 0.315 e. The first-order valence-electron chi connectivity index (χ1n) is 5.86. The SMILES string of the molecule is CC(NC(=O)N[C@H](C)CCO)c1ccccc1. The molecule has 0 heterocycles. The number of amides is 2. The summed E-state index contributed by atoms with van der Waals surface area (Å²) < 4.78 is 0. The van der Waals surface area contributed by atoms with Gasteiger partial charge in [-0.3, -0.25) is 0 Å². The van der Waals surface area contributed by atoms with E-state index in [1.54, 1.807) is 0 Å². The lowest BCUT2D eigenvalue weighted by atomic mass is 10.1. The van der Waals surface area contributed by atoms with Gasteiger partial charge in [0.15, 0.2) is 0 Å². The van der Waals surface area contributed by atoms with Crippen LogP contribution in [0.2, 0.25) is 0 Å². The number of aliphatic hydroxyl groups is 1. The summed E-state index contributed by atoms with van der Waals surface area (Å²) in [6, 6.07) is 9.52. The molecule has 0 spiro atoms. The number of rotatable bonds is 5. The van der Waals surface area contributed by atoms with Crippen molar-refractivity contribution < 1.29 is 9.90 Å². The van der Waals surface area contributed by atoms with Gasteiger partial charge in [0.1, 0.15) is 0 Å². The summed E-state index contributed by atoms with van der Waals surface area (Å²) in [6.07, 6.45) is 0.563. The first kappa shape index (κ1) is 13.5. The summed E-state index contributed by atoms with van der Waals surface area (Å²) in [7, 11) is 0. The zero-order valence-electron chi connectivity index (χ0n) is 10.3. The molecule has 0 radical (unpaired) electrons. The van der Waals surface area contributed by atoms with Gasteiger partial charge in [0.25, 0.3) is 0 Å². The molecule has 4 heteroatoms. The maximum absolute atomic E-state index is 11.6. The molecular weight excluding hydrogens is 216 g/mol. The zero-order chi connectivity index (χ0) is 12.7. The van der Waals surface area contributed by atoms with Crippen molar-refractivity contribution in [3.05, 3.63) is 35.9 Å². The molecule has 0 saturated carbocycles. The Labute approximate surface area is 102 Å². The Morgan fingerprint density at radius 2 is 1.88 bits per heavy atom. The first-order valence-corrected chi connectivity index (χ1v) is 5.86. The second kappa shape index (κ2) is 6.91. The highest BCUT2D eigenvalue weighted by atomic mass is 16.3. The number of hydrogen-bond donors (Lipinski definition) is 3. The Balaban J connectivity index is 2.41. The third-order valence-corrected chi connectivity index (χ3v) is 2.59. The molecule has 2 atom stereocenters. The van der Waals surface area contributed by atoms with E-state index in [9.17, 15) is 4.79 Å². The standard InChI is InChI=1S/C13H20N2O2/c1-10(8-9-16)14-13(17)15-11(2)12-6-4-3-5-7-12/h3-7,10-11,16H,8-9H2,1-2H3,(H2,14,15,17)/t10-,11?/m1/s1. The van der Waals surface area contributed by atoms with Crippen molar-refractivity contribution in [1.82, 2.24) is 10.6 Å². The van der Waals surface area contributed by atoms with Crippen LogP contribution in [-0.2, 0) is 0 Å². The minimum atomic E-state index is -0.206. The third kappa shape index (κ3) is 4.87. The third-order valence-electron chi connectivity index (χ3n) is 2.59. The fraction of sp³-hybridized carbons (Fsp3) is 0.462. The van der Waals surface area contributed by atoms with Crippen molar-refractivity contribution >= 4 is 6.03 Å². The number of carbonyl (C=O) groups excluding carboxylic acids is 1. The molecule has 0 aliphatic rings. The molecule has 4 nitrogen and oxygen atoms in total. The van der Waals surface area contributed by atoms with E-state index in [-0.39, 0.29) is 24.7 Å². The van der Waals surface area contributed by atoms with Gasteiger partial charge in [0, 0.05) is 12.6 Å². The lowest BCUT2D eigenvalue weighted by Gasteiger charge is -2.17. The molecule has 17 heavy (non-hydrogen) atoms. The number of urea groups is 1. The van der Waals surface area contributed by atoms with Gasteiger partial charge in [-0.25, -0.2) is 4.79 Å². The van der Waals surface area contributed by atoms with Crippen molar-refractivity contribution in [1.29, 1.82) is 0 Å². The van der Waals surface area contributed by atoms with E-state index in [0.717, 1.165) is 5.56 Å². The van der Waals surface area contributed by atoms with Gasteiger partial charge >= 0.3 is 6.03 Å². The minimum absolute atomic E-state index is 0.0250.